The van der Waals surface area contributed by atoms with Gasteiger partial charge in [0.05, 0.1) is 11.6 Å². The van der Waals surface area contributed by atoms with Crippen LogP contribution in [-0.2, 0) is 4.79 Å². The van der Waals surface area contributed by atoms with E-state index in [1.54, 1.807) is 24.3 Å². The number of benzene rings is 1. The van der Waals surface area contributed by atoms with E-state index < -0.39 is 0 Å². The van der Waals surface area contributed by atoms with Gasteiger partial charge in [0.15, 0.2) is 0 Å². The van der Waals surface area contributed by atoms with Gasteiger partial charge in [0.1, 0.15) is 0 Å². The molecule has 1 saturated heterocycles. The van der Waals surface area contributed by atoms with Gasteiger partial charge in [-0.1, -0.05) is 0 Å². The Balaban J connectivity index is 1.95. The Kier molecular flexibility index (Phi) is 4.05. The van der Waals surface area contributed by atoms with Crippen molar-refractivity contribution in [1.29, 1.82) is 5.26 Å². The molecule has 0 bridgehead atoms. The average molecular weight is 246 g/mol. The molecule has 1 fully saturated rings. The van der Waals surface area contributed by atoms with E-state index in [1.165, 1.54) is 5.75 Å². The van der Waals surface area contributed by atoms with E-state index in [9.17, 15) is 4.79 Å². The number of rotatable bonds is 2. The summed E-state index contributed by atoms with van der Waals surface area (Å²) in [6.45, 7) is 0. The van der Waals surface area contributed by atoms with Crippen LogP contribution < -0.4 is 5.32 Å². The minimum Gasteiger partial charge on any atom is -0.326 e. The quantitative estimate of drug-likeness (QED) is 0.872. The molecule has 0 aromatic heterocycles. The summed E-state index contributed by atoms with van der Waals surface area (Å²) in [4.78, 5) is 11.9. The first-order valence-corrected chi connectivity index (χ1v) is 6.84. The highest BCUT2D eigenvalue weighted by Crippen LogP contribution is 2.23. The van der Waals surface area contributed by atoms with Gasteiger partial charge in [0.2, 0.25) is 5.91 Å². The van der Waals surface area contributed by atoms with Gasteiger partial charge in [0, 0.05) is 17.4 Å². The normalized spacial score (nSPS) is 19.4. The molecule has 0 spiro atoms. The van der Waals surface area contributed by atoms with Crippen molar-refractivity contribution < 1.29 is 4.79 Å². The number of hydrogen-bond donors (Lipinski definition) is 1. The SMILES string of the molecule is N#Cc1ccc(NC(=O)C2CCCSC2)cc1. The third-order valence-electron chi connectivity index (χ3n) is 2.81. The number of amides is 1. The van der Waals surface area contributed by atoms with Gasteiger partial charge >= 0.3 is 0 Å². The molecule has 1 amide bonds. The van der Waals surface area contributed by atoms with Crippen molar-refractivity contribution >= 4 is 23.4 Å². The Morgan fingerprint density at radius 1 is 1.41 bits per heavy atom. The van der Waals surface area contributed by atoms with E-state index >= 15 is 0 Å². The van der Waals surface area contributed by atoms with E-state index in [2.05, 4.69) is 11.4 Å². The molecule has 3 nitrogen and oxygen atoms in total. The zero-order chi connectivity index (χ0) is 12.1. The van der Waals surface area contributed by atoms with Crippen LogP contribution in [0.5, 0.6) is 0 Å². The predicted octanol–water partition coefficient (Wildman–Crippen LogP) is 2.64. The molecule has 1 heterocycles. The maximum absolute atomic E-state index is 11.9. The lowest BCUT2D eigenvalue weighted by Gasteiger charge is -2.20. The number of nitrogens with one attached hydrogen (secondary N) is 1. The molecule has 2 rings (SSSR count). The molecule has 17 heavy (non-hydrogen) atoms. The topological polar surface area (TPSA) is 52.9 Å². The second kappa shape index (κ2) is 5.74. The summed E-state index contributed by atoms with van der Waals surface area (Å²) < 4.78 is 0. The smallest absolute Gasteiger partial charge is 0.228 e. The lowest BCUT2D eigenvalue weighted by molar-refractivity contribution is -0.119. The van der Waals surface area contributed by atoms with Crippen LogP contribution in [0.3, 0.4) is 0 Å². The van der Waals surface area contributed by atoms with Gasteiger partial charge in [-0.25, -0.2) is 0 Å². The summed E-state index contributed by atoms with van der Waals surface area (Å²) in [5.74, 6) is 2.31. The lowest BCUT2D eigenvalue weighted by Crippen LogP contribution is -2.27. The van der Waals surface area contributed by atoms with Gasteiger partial charge in [0.25, 0.3) is 0 Å². The third kappa shape index (κ3) is 3.24. The number of hydrogen-bond acceptors (Lipinski definition) is 3. The Bertz CT molecular complexity index is 430. The highest BCUT2D eigenvalue weighted by molar-refractivity contribution is 7.99. The number of anilines is 1. The van der Waals surface area contributed by atoms with Gasteiger partial charge < -0.3 is 5.32 Å². The lowest BCUT2D eigenvalue weighted by atomic mass is 10.0. The molecule has 1 N–H and O–H groups in total. The molecule has 0 aliphatic carbocycles. The van der Waals surface area contributed by atoms with Crippen LogP contribution in [0.15, 0.2) is 24.3 Å². The van der Waals surface area contributed by atoms with Crippen molar-refractivity contribution in [1.82, 2.24) is 0 Å². The van der Waals surface area contributed by atoms with Crippen LogP contribution in [0.2, 0.25) is 0 Å². The molecular weight excluding hydrogens is 232 g/mol. The summed E-state index contributed by atoms with van der Waals surface area (Å²) in [7, 11) is 0. The number of nitriles is 1. The number of carbonyl (C=O) groups is 1. The largest absolute Gasteiger partial charge is 0.326 e. The van der Waals surface area contributed by atoms with Crippen LogP contribution in [0.4, 0.5) is 5.69 Å². The van der Waals surface area contributed by atoms with Crippen LogP contribution >= 0.6 is 11.8 Å². The van der Waals surface area contributed by atoms with Crippen molar-refractivity contribution in [3.63, 3.8) is 0 Å². The van der Waals surface area contributed by atoms with E-state index in [1.807, 2.05) is 11.8 Å². The first-order chi connectivity index (χ1) is 8.29. The molecule has 1 aromatic rings. The maximum Gasteiger partial charge on any atom is 0.228 e. The van der Waals surface area contributed by atoms with Gasteiger partial charge in [-0.3, -0.25) is 4.79 Å². The van der Waals surface area contributed by atoms with Crippen LogP contribution in [0.1, 0.15) is 18.4 Å². The van der Waals surface area contributed by atoms with Gasteiger partial charge in [-0.05, 0) is 42.9 Å². The van der Waals surface area contributed by atoms with Gasteiger partial charge in [-0.2, -0.15) is 17.0 Å². The van der Waals surface area contributed by atoms with E-state index in [0.29, 0.717) is 5.56 Å². The summed E-state index contributed by atoms with van der Waals surface area (Å²) in [5.41, 5.74) is 1.38. The van der Waals surface area contributed by atoms with Crippen molar-refractivity contribution in [2.75, 3.05) is 16.8 Å². The van der Waals surface area contributed by atoms with Crippen LogP contribution in [-0.4, -0.2) is 17.4 Å². The zero-order valence-electron chi connectivity index (χ0n) is 9.48. The highest BCUT2D eigenvalue weighted by atomic mass is 32.2. The second-order valence-electron chi connectivity index (χ2n) is 4.09. The zero-order valence-corrected chi connectivity index (χ0v) is 10.3. The molecule has 88 valence electrons. The minimum atomic E-state index is 0.0990. The number of nitrogens with zero attached hydrogens (tertiary/aromatic N) is 1. The minimum absolute atomic E-state index is 0.0990. The molecule has 4 heteroatoms. The Morgan fingerprint density at radius 3 is 2.76 bits per heavy atom. The van der Waals surface area contributed by atoms with E-state index in [4.69, 9.17) is 5.26 Å². The second-order valence-corrected chi connectivity index (χ2v) is 5.24. The predicted molar refractivity (Wildman–Crippen MR) is 69.8 cm³/mol. The van der Waals surface area contributed by atoms with Crippen molar-refractivity contribution in [3.05, 3.63) is 29.8 Å². The highest BCUT2D eigenvalue weighted by Gasteiger charge is 2.21. The van der Waals surface area contributed by atoms with E-state index in [0.717, 1.165) is 24.3 Å². The van der Waals surface area contributed by atoms with Crippen molar-refractivity contribution in [2.24, 2.45) is 5.92 Å². The number of thioether (sulfide) groups is 1. The summed E-state index contributed by atoms with van der Waals surface area (Å²) in [5, 5.41) is 11.6. The molecular formula is C13H14N2OS. The summed E-state index contributed by atoms with van der Waals surface area (Å²) in [6.07, 6.45) is 2.10. The third-order valence-corrected chi connectivity index (χ3v) is 4.03. The standard InChI is InChI=1S/C13H14N2OS/c14-8-10-3-5-12(6-4-10)15-13(16)11-2-1-7-17-9-11/h3-6,11H,1-2,7,9H2,(H,15,16). The Hall–Kier alpha value is -1.47. The van der Waals surface area contributed by atoms with Gasteiger partial charge in [-0.15, -0.1) is 0 Å². The fourth-order valence-corrected chi connectivity index (χ4v) is 2.96. The average Bonchev–Trinajstić information content (AvgIpc) is 2.40. The van der Waals surface area contributed by atoms with Crippen molar-refractivity contribution in [3.8, 4) is 6.07 Å². The Labute approximate surface area is 105 Å². The molecule has 1 aliphatic heterocycles. The van der Waals surface area contributed by atoms with Crippen LogP contribution in [0.25, 0.3) is 0 Å². The molecule has 1 atom stereocenters. The maximum atomic E-state index is 11.9. The first kappa shape index (κ1) is 12.0. The molecule has 0 radical (unpaired) electrons. The molecule has 1 aliphatic rings. The summed E-state index contributed by atoms with van der Waals surface area (Å²) >= 11 is 1.84. The summed E-state index contributed by atoms with van der Waals surface area (Å²) in [6, 6.07) is 9.02. The molecule has 1 unspecified atom stereocenters. The fraction of sp³-hybridized carbons (Fsp3) is 0.385. The monoisotopic (exact) mass is 246 g/mol. The Morgan fingerprint density at radius 2 is 2.18 bits per heavy atom. The first-order valence-electron chi connectivity index (χ1n) is 5.68. The molecule has 0 saturated carbocycles. The number of carbonyl (C=O) groups excluding carboxylic acids is 1. The van der Waals surface area contributed by atoms with E-state index in [-0.39, 0.29) is 11.8 Å². The van der Waals surface area contributed by atoms with Crippen molar-refractivity contribution in [2.45, 2.75) is 12.8 Å². The van der Waals surface area contributed by atoms with Crippen LogP contribution in [0, 0.1) is 17.2 Å². The fourth-order valence-electron chi connectivity index (χ4n) is 1.82. The molecule has 1 aromatic carbocycles.